The van der Waals surface area contributed by atoms with E-state index in [-0.39, 0.29) is 29.9 Å². The van der Waals surface area contributed by atoms with Crippen molar-refractivity contribution in [1.82, 2.24) is 10.3 Å². The van der Waals surface area contributed by atoms with Crippen LogP contribution in [-0.2, 0) is 0 Å². The molecule has 0 saturated carbocycles. The van der Waals surface area contributed by atoms with Crippen LogP contribution in [0, 0.1) is 0 Å². The van der Waals surface area contributed by atoms with Crippen molar-refractivity contribution in [3.8, 4) is 0 Å². The fourth-order valence-electron chi connectivity index (χ4n) is 1.56. The molecule has 7 heteroatoms. The average molecular weight is 353 g/mol. The number of carbonyl (C=O) groups excluding carboxylic acids is 1. The van der Waals surface area contributed by atoms with Crippen molar-refractivity contribution in [3.05, 3.63) is 32.7 Å². The highest BCUT2D eigenvalue weighted by Gasteiger charge is 2.13. The van der Waals surface area contributed by atoms with Gasteiger partial charge in [-0.3, -0.25) is 9.59 Å². The zero-order chi connectivity index (χ0) is 13.5. The number of halogens is 2. The molecule has 0 fully saturated rings. The summed E-state index contributed by atoms with van der Waals surface area (Å²) in [5.41, 5.74) is 5.77. The third kappa shape index (κ3) is 5.76. The van der Waals surface area contributed by atoms with Gasteiger partial charge < -0.3 is 16.0 Å². The number of unbranched alkanes of at least 4 members (excludes halogenated alkanes) is 1. The van der Waals surface area contributed by atoms with E-state index in [0.29, 0.717) is 16.6 Å². The Kier molecular flexibility index (Phi) is 8.71. The summed E-state index contributed by atoms with van der Waals surface area (Å²) in [6.07, 6.45) is 4.35. The van der Waals surface area contributed by atoms with Gasteiger partial charge >= 0.3 is 0 Å². The van der Waals surface area contributed by atoms with Crippen LogP contribution in [0.2, 0.25) is 0 Å². The highest BCUT2D eigenvalue weighted by molar-refractivity contribution is 9.10. The molecule has 4 N–H and O–H groups in total. The zero-order valence-corrected chi connectivity index (χ0v) is 13.1. The van der Waals surface area contributed by atoms with Crippen LogP contribution in [0.3, 0.4) is 0 Å². The van der Waals surface area contributed by atoms with Crippen LogP contribution < -0.4 is 16.6 Å². The minimum Gasteiger partial charge on any atom is -0.348 e. The van der Waals surface area contributed by atoms with E-state index in [9.17, 15) is 9.59 Å². The van der Waals surface area contributed by atoms with E-state index in [1.807, 2.05) is 0 Å². The Morgan fingerprint density at radius 2 is 2.26 bits per heavy atom. The lowest BCUT2D eigenvalue weighted by Crippen LogP contribution is -2.40. The van der Waals surface area contributed by atoms with E-state index in [0.717, 1.165) is 19.3 Å². The summed E-state index contributed by atoms with van der Waals surface area (Å²) in [6, 6.07) is 1.48. The Morgan fingerprint density at radius 1 is 1.58 bits per heavy atom. The first kappa shape index (κ1) is 18.1. The van der Waals surface area contributed by atoms with Crippen molar-refractivity contribution in [2.75, 3.05) is 6.54 Å². The molecule has 0 aliphatic heterocycles. The Bertz CT molecular complexity index is 465. The summed E-state index contributed by atoms with van der Waals surface area (Å²) in [6.45, 7) is 2.50. The van der Waals surface area contributed by atoms with Gasteiger partial charge in [-0.15, -0.1) is 12.4 Å². The van der Waals surface area contributed by atoms with Crippen LogP contribution >= 0.6 is 28.3 Å². The Morgan fingerprint density at radius 3 is 2.79 bits per heavy atom. The number of pyridine rings is 1. The Labute approximate surface area is 126 Å². The van der Waals surface area contributed by atoms with E-state index in [2.05, 4.69) is 33.2 Å². The largest absolute Gasteiger partial charge is 0.348 e. The van der Waals surface area contributed by atoms with Crippen molar-refractivity contribution < 1.29 is 4.79 Å². The SMILES string of the molecule is CCCCC(CN)NC(=O)c1c[nH]c(=O)c(Br)c1.Cl. The van der Waals surface area contributed by atoms with E-state index < -0.39 is 0 Å². The molecule has 0 aliphatic carbocycles. The minimum atomic E-state index is -0.257. The first-order valence-electron chi connectivity index (χ1n) is 5.97. The number of rotatable bonds is 6. The Hall–Kier alpha value is -0.850. The molecule has 1 aromatic rings. The lowest BCUT2D eigenvalue weighted by molar-refractivity contribution is 0.0935. The van der Waals surface area contributed by atoms with E-state index in [4.69, 9.17) is 5.73 Å². The van der Waals surface area contributed by atoms with E-state index >= 15 is 0 Å². The number of nitrogens with one attached hydrogen (secondary N) is 2. The van der Waals surface area contributed by atoms with Gasteiger partial charge in [0.2, 0.25) is 0 Å². The molecule has 1 heterocycles. The molecular weight excluding hydrogens is 334 g/mol. The minimum absolute atomic E-state index is 0. The van der Waals surface area contributed by atoms with Crippen molar-refractivity contribution in [2.45, 2.75) is 32.2 Å². The van der Waals surface area contributed by atoms with Crippen molar-refractivity contribution >= 4 is 34.2 Å². The zero-order valence-electron chi connectivity index (χ0n) is 10.7. The summed E-state index contributed by atoms with van der Waals surface area (Å²) in [5.74, 6) is -0.224. The van der Waals surface area contributed by atoms with Crippen LogP contribution in [0.4, 0.5) is 0 Å². The Balaban J connectivity index is 0.00000324. The predicted molar refractivity (Wildman–Crippen MR) is 81.8 cm³/mol. The molecule has 1 unspecified atom stereocenters. The normalized spacial score (nSPS) is 11.5. The quantitative estimate of drug-likeness (QED) is 0.729. The maximum Gasteiger partial charge on any atom is 0.262 e. The third-order valence-corrected chi connectivity index (χ3v) is 3.24. The molecule has 108 valence electrons. The van der Waals surface area contributed by atoms with Gasteiger partial charge in [-0.1, -0.05) is 19.8 Å². The van der Waals surface area contributed by atoms with Gasteiger partial charge in [0.25, 0.3) is 11.5 Å². The second-order valence-electron chi connectivity index (χ2n) is 4.11. The number of aromatic amines is 1. The van der Waals surface area contributed by atoms with Gasteiger partial charge in [0.1, 0.15) is 0 Å². The smallest absolute Gasteiger partial charge is 0.262 e. The lowest BCUT2D eigenvalue weighted by Gasteiger charge is -2.16. The molecule has 0 spiro atoms. The summed E-state index contributed by atoms with van der Waals surface area (Å²) in [5, 5.41) is 2.86. The number of carbonyl (C=O) groups is 1. The van der Waals surface area contributed by atoms with Crippen LogP contribution in [0.15, 0.2) is 21.5 Å². The van der Waals surface area contributed by atoms with E-state index in [1.165, 1.54) is 12.3 Å². The predicted octanol–water partition coefficient (Wildman–Crippen LogP) is 1.81. The second kappa shape index (κ2) is 9.12. The standard InChI is InChI=1S/C12H18BrN3O2.ClH/c1-2-3-4-9(6-14)16-11(17)8-5-10(13)12(18)15-7-8;/h5,7,9H,2-4,6,14H2,1H3,(H,15,18)(H,16,17);1H. The van der Waals surface area contributed by atoms with Gasteiger partial charge in [0, 0.05) is 18.8 Å². The molecule has 0 bridgehead atoms. The molecule has 1 amide bonds. The molecular formula is C12H19BrClN3O2. The third-order valence-electron chi connectivity index (χ3n) is 2.65. The molecule has 0 aromatic carbocycles. The molecule has 0 saturated heterocycles. The van der Waals surface area contributed by atoms with Crippen LogP contribution in [0.5, 0.6) is 0 Å². The molecule has 1 rings (SSSR count). The molecule has 19 heavy (non-hydrogen) atoms. The molecule has 1 aromatic heterocycles. The lowest BCUT2D eigenvalue weighted by atomic mass is 10.1. The number of amides is 1. The monoisotopic (exact) mass is 351 g/mol. The fourth-order valence-corrected chi connectivity index (χ4v) is 1.92. The van der Waals surface area contributed by atoms with Crippen molar-refractivity contribution in [1.29, 1.82) is 0 Å². The van der Waals surface area contributed by atoms with Crippen molar-refractivity contribution in [2.24, 2.45) is 5.73 Å². The average Bonchev–Trinajstić information content (AvgIpc) is 2.37. The number of nitrogens with two attached hydrogens (primary N) is 1. The highest BCUT2D eigenvalue weighted by Crippen LogP contribution is 2.06. The maximum atomic E-state index is 11.9. The van der Waals surface area contributed by atoms with Gasteiger partial charge in [-0.2, -0.15) is 0 Å². The van der Waals surface area contributed by atoms with Gasteiger partial charge in [0.05, 0.1) is 10.0 Å². The first-order valence-corrected chi connectivity index (χ1v) is 6.77. The summed E-state index contributed by atoms with van der Waals surface area (Å²) in [7, 11) is 0. The second-order valence-corrected chi connectivity index (χ2v) is 4.97. The molecule has 0 aliphatic rings. The van der Waals surface area contributed by atoms with Gasteiger partial charge in [-0.05, 0) is 28.4 Å². The first-order chi connectivity index (χ1) is 8.58. The van der Waals surface area contributed by atoms with Crippen LogP contribution in [-0.4, -0.2) is 23.5 Å². The molecule has 0 radical (unpaired) electrons. The number of aromatic nitrogens is 1. The van der Waals surface area contributed by atoms with Crippen LogP contribution in [0.25, 0.3) is 0 Å². The summed E-state index contributed by atoms with van der Waals surface area (Å²) >= 11 is 3.09. The molecule has 5 nitrogen and oxygen atoms in total. The van der Waals surface area contributed by atoms with E-state index in [1.54, 1.807) is 0 Å². The number of H-pyrrole nitrogens is 1. The topological polar surface area (TPSA) is 88.0 Å². The van der Waals surface area contributed by atoms with Crippen LogP contribution in [0.1, 0.15) is 36.5 Å². The summed E-state index contributed by atoms with van der Waals surface area (Å²) < 4.78 is 0.341. The van der Waals surface area contributed by atoms with Crippen molar-refractivity contribution in [3.63, 3.8) is 0 Å². The highest BCUT2D eigenvalue weighted by atomic mass is 79.9. The summed E-state index contributed by atoms with van der Waals surface area (Å²) in [4.78, 5) is 25.6. The maximum absolute atomic E-state index is 11.9. The van der Waals surface area contributed by atoms with Gasteiger partial charge in [0.15, 0.2) is 0 Å². The molecule has 1 atom stereocenters. The van der Waals surface area contributed by atoms with Gasteiger partial charge in [-0.25, -0.2) is 0 Å². The fraction of sp³-hybridized carbons (Fsp3) is 0.500. The number of hydrogen-bond acceptors (Lipinski definition) is 3. The number of hydrogen-bond donors (Lipinski definition) is 3.